The zero-order valence-corrected chi connectivity index (χ0v) is 11.3. The van der Waals surface area contributed by atoms with E-state index in [-0.39, 0.29) is 0 Å². The third-order valence-corrected chi connectivity index (χ3v) is 4.62. The summed E-state index contributed by atoms with van der Waals surface area (Å²) >= 11 is 0. The minimum atomic E-state index is -3.37. The van der Waals surface area contributed by atoms with Gasteiger partial charge < -0.3 is 4.74 Å². The molecule has 0 amide bonds. The maximum Gasteiger partial charge on any atom is 0.243 e. The molecule has 4 nitrogen and oxygen atoms in total. The van der Waals surface area contributed by atoms with Gasteiger partial charge in [-0.2, -0.15) is 0 Å². The summed E-state index contributed by atoms with van der Waals surface area (Å²) in [6.07, 6.45) is 0.693. The molecule has 0 bridgehead atoms. The van der Waals surface area contributed by atoms with Crippen LogP contribution in [0.25, 0.3) is 0 Å². The Bertz CT molecular complexity index is 457. The van der Waals surface area contributed by atoms with E-state index < -0.39 is 10.0 Å². The quantitative estimate of drug-likeness (QED) is 0.728. The summed E-state index contributed by atoms with van der Waals surface area (Å²) in [6, 6.07) is 7.01. The lowest BCUT2D eigenvalue weighted by Gasteiger charge is -2.18. The van der Waals surface area contributed by atoms with Gasteiger partial charge in [-0.05, 0) is 25.0 Å². The minimum absolute atomic E-state index is 0.375. The molecule has 5 heteroatoms. The molecule has 0 radical (unpaired) electrons. The molecule has 0 saturated heterocycles. The van der Waals surface area contributed by atoms with Crippen LogP contribution in [0.1, 0.15) is 12.0 Å². The molecule has 0 atom stereocenters. The molecular weight excluding hydrogens is 238 g/mol. The second-order valence-electron chi connectivity index (χ2n) is 3.94. The van der Waals surface area contributed by atoms with Gasteiger partial charge in [0.05, 0.1) is 4.90 Å². The summed E-state index contributed by atoms with van der Waals surface area (Å²) in [5.41, 5.74) is 0.770. The van der Waals surface area contributed by atoms with Gasteiger partial charge in [-0.3, -0.25) is 0 Å². The third-order valence-electron chi connectivity index (χ3n) is 2.60. The molecule has 1 aromatic rings. The van der Waals surface area contributed by atoms with Crippen LogP contribution >= 0.6 is 0 Å². The normalized spacial score (nSPS) is 12.0. The van der Waals surface area contributed by atoms with Crippen LogP contribution in [0, 0.1) is 6.92 Å². The van der Waals surface area contributed by atoms with E-state index in [0.717, 1.165) is 5.56 Å². The van der Waals surface area contributed by atoms with E-state index in [4.69, 9.17) is 4.74 Å². The van der Waals surface area contributed by atoms with E-state index >= 15 is 0 Å². The molecule has 0 unspecified atom stereocenters. The van der Waals surface area contributed by atoms with Crippen LogP contribution in [-0.4, -0.2) is 40.0 Å². The van der Waals surface area contributed by atoms with Crippen LogP contribution in [0.5, 0.6) is 0 Å². The number of aryl methyl sites for hydroxylation is 1. The number of hydrogen-bond acceptors (Lipinski definition) is 3. The summed E-state index contributed by atoms with van der Waals surface area (Å²) in [7, 11) is -0.171. The molecule has 0 aromatic heterocycles. The van der Waals surface area contributed by atoms with Crippen molar-refractivity contribution in [1.82, 2.24) is 4.31 Å². The molecular formula is C12H19NO3S. The highest BCUT2D eigenvalue weighted by molar-refractivity contribution is 7.89. The van der Waals surface area contributed by atoms with Crippen molar-refractivity contribution in [3.8, 4) is 0 Å². The van der Waals surface area contributed by atoms with E-state index in [9.17, 15) is 8.42 Å². The van der Waals surface area contributed by atoms with E-state index in [1.807, 2.05) is 6.07 Å². The van der Waals surface area contributed by atoms with Crippen LogP contribution < -0.4 is 0 Å². The molecule has 0 aliphatic carbocycles. The zero-order valence-electron chi connectivity index (χ0n) is 10.5. The predicted octanol–water partition coefficient (Wildman–Crippen LogP) is 1.65. The van der Waals surface area contributed by atoms with Gasteiger partial charge in [-0.1, -0.05) is 18.2 Å². The van der Waals surface area contributed by atoms with Crippen LogP contribution in [0.3, 0.4) is 0 Å². The summed E-state index contributed by atoms with van der Waals surface area (Å²) in [5.74, 6) is 0. The molecule has 0 spiro atoms. The van der Waals surface area contributed by atoms with Crippen LogP contribution in [-0.2, 0) is 14.8 Å². The SMILES string of the molecule is COCCCN(C)S(=O)(=O)c1ccccc1C. The molecule has 0 fully saturated rings. The van der Waals surface area contributed by atoms with Crippen LogP contribution in [0.2, 0.25) is 0 Å². The highest BCUT2D eigenvalue weighted by atomic mass is 32.2. The van der Waals surface area contributed by atoms with E-state index in [2.05, 4.69) is 0 Å². The first-order valence-corrected chi connectivity index (χ1v) is 6.95. The van der Waals surface area contributed by atoms with Crippen molar-refractivity contribution < 1.29 is 13.2 Å². The Balaban J connectivity index is 2.85. The Hall–Kier alpha value is -0.910. The van der Waals surface area contributed by atoms with Gasteiger partial charge in [0.1, 0.15) is 0 Å². The molecule has 0 aliphatic heterocycles. The molecule has 1 rings (SSSR count). The van der Waals surface area contributed by atoms with E-state index in [1.165, 1.54) is 4.31 Å². The molecule has 1 aromatic carbocycles. The lowest BCUT2D eigenvalue weighted by molar-refractivity contribution is 0.189. The molecule has 0 heterocycles. The van der Waals surface area contributed by atoms with Crippen molar-refractivity contribution in [3.05, 3.63) is 29.8 Å². The van der Waals surface area contributed by atoms with Crippen LogP contribution in [0.4, 0.5) is 0 Å². The van der Waals surface area contributed by atoms with Gasteiger partial charge in [0.2, 0.25) is 10.0 Å². The molecule has 17 heavy (non-hydrogen) atoms. The first-order chi connectivity index (χ1) is 8.00. The maximum absolute atomic E-state index is 12.2. The molecule has 0 N–H and O–H groups in total. The van der Waals surface area contributed by atoms with Crippen LogP contribution in [0.15, 0.2) is 29.2 Å². The molecule has 0 aliphatic rings. The van der Waals surface area contributed by atoms with Crippen molar-refractivity contribution in [1.29, 1.82) is 0 Å². The summed E-state index contributed by atoms with van der Waals surface area (Å²) in [4.78, 5) is 0.375. The van der Waals surface area contributed by atoms with E-state index in [1.54, 1.807) is 39.3 Å². The van der Waals surface area contributed by atoms with E-state index in [0.29, 0.717) is 24.5 Å². The highest BCUT2D eigenvalue weighted by Gasteiger charge is 2.21. The van der Waals surface area contributed by atoms with Crippen molar-refractivity contribution in [2.75, 3.05) is 27.3 Å². The number of benzene rings is 1. The fourth-order valence-corrected chi connectivity index (χ4v) is 3.00. The predicted molar refractivity (Wildman–Crippen MR) is 67.5 cm³/mol. The fourth-order valence-electron chi connectivity index (χ4n) is 1.57. The van der Waals surface area contributed by atoms with Gasteiger partial charge in [0.25, 0.3) is 0 Å². The van der Waals surface area contributed by atoms with Crippen molar-refractivity contribution >= 4 is 10.0 Å². The Labute approximate surface area is 103 Å². The molecule has 0 saturated carbocycles. The average molecular weight is 257 g/mol. The maximum atomic E-state index is 12.2. The van der Waals surface area contributed by atoms with Gasteiger partial charge in [-0.15, -0.1) is 0 Å². The summed E-state index contributed by atoms with van der Waals surface area (Å²) in [6.45, 7) is 2.83. The smallest absolute Gasteiger partial charge is 0.243 e. The minimum Gasteiger partial charge on any atom is -0.385 e. The van der Waals surface area contributed by atoms with Crippen molar-refractivity contribution in [3.63, 3.8) is 0 Å². The Morgan fingerprint density at radius 2 is 1.94 bits per heavy atom. The number of ether oxygens (including phenoxy) is 1. The van der Waals surface area contributed by atoms with Gasteiger partial charge in [-0.25, -0.2) is 12.7 Å². The summed E-state index contributed by atoms with van der Waals surface area (Å²) < 4.78 is 30.7. The lowest BCUT2D eigenvalue weighted by atomic mass is 10.2. The van der Waals surface area contributed by atoms with Crippen molar-refractivity contribution in [2.45, 2.75) is 18.2 Å². The standard InChI is InChI=1S/C12H19NO3S/c1-11-7-4-5-8-12(11)17(14,15)13(2)9-6-10-16-3/h4-5,7-8H,6,9-10H2,1-3H3. The Morgan fingerprint density at radius 1 is 1.29 bits per heavy atom. The Morgan fingerprint density at radius 3 is 2.53 bits per heavy atom. The largest absolute Gasteiger partial charge is 0.385 e. The fraction of sp³-hybridized carbons (Fsp3) is 0.500. The van der Waals surface area contributed by atoms with Gasteiger partial charge >= 0.3 is 0 Å². The second-order valence-corrected chi connectivity index (χ2v) is 5.95. The lowest BCUT2D eigenvalue weighted by Crippen LogP contribution is -2.29. The van der Waals surface area contributed by atoms with Crippen molar-refractivity contribution in [2.24, 2.45) is 0 Å². The Kier molecular flexibility index (Phi) is 5.11. The monoisotopic (exact) mass is 257 g/mol. The third kappa shape index (κ3) is 3.52. The number of hydrogen-bond donors (Lipinski definition) is 0. The number of nitrogens with zero attached hydrogens (tertiary/aromatic N) is 1. The second kappa shape index (κ2) is 6.14. The first-order valence-electron chi connectivity index (χ1n) is 5.51. The number of sulfonamides is 1. The average Bonchev–Trinajstić information content (AvgIpc) is 2.29. The first kappa shape index (κ1) is 14.2. The van der Waals surface area contributed by atoms with Gasteiger partial charge in [0, 0.05) is 27.3 Å². The number of methoxy groups -OCH3 is 1. The van der Waals surface area contributed by atoms with Gasteiger partial charge in [0.15, 0.2) is 0 Å². The molecule has 96 valence electrons. The topological polar surface area (TPSA) is 46.6 Å². The summed E-state index contributed by atoms with van der Waals surface area (Å²) in [5, 5.41) is 0. The highest BCUT2D eigenvalue weighted by Crippen LogP contribution is 2.18. The number of rotatable bonds is 6. The zero-order chi connectivity index (χ0) is 12.9.